The second kappa shape index (κ2) is 8.98. The minimum Gasteiger partial charge on any atom is -0.485 e. The van der Waals surface area contributed by atoms with Crippen LogP contribution in [-0.2, 0) is 6.61 Å². The van der Waals surface area contributed by atoms with E-state index in [-0.39, 0.29) is 12.2 Å². The zero-order valence-electron chi connectivity index (χ0n) is 19.4. The van der Waals surface area contributed by atoms with Gasteiger partial charge in [0.1, 0.15) is 24.1 Å². The third kappa shape index (κ3) is 4.84. The Balaban J connectivity index is 1.75. The van der Waals surface area contributed by atoms with E-state index in [4.69, 9.17) is 10.5 Å². The Labute approximate surface area is 195 Å². The molecule has 0 radical (unpaired) electrons. The molecule has 0 atom stereocenters. The van der Waals surface area contributed by atoms with Gasteiger partial charge in [-0.1, -0.05) is 6.07 Å². The van der Waals surface area contributed by atoms with E-state index in [2.05, 4.69) is 15.3 Å². The summed E-state index contributed by atoms with van der Waals surface area (Å²) in [5.74, 6) is -1.09. The van der Waals surface area contributed by atoms with Crippen LogP contribution in [0.15, 0.2) is 42.7 Å². The van der Waals surface area contributed by atoms with Crippen molar-refractivity contribution in [2.45, 2.75) is 39.8 Å². The number of pyridine rings is 2. The molecule has 0 bridgehead atoms. The maximum absolute atomic E-state index is 14.9. The molecule has 0 spiro atoms. The Hall–Kier alpha value is -3.59. The largest absolute Gasteiger partial charge is 0.485 e. The molecule has 34 heavy (non-hydrogen) atoms. The fourth-order valence-electron chi connectivity index (χ4n) is 3.64. The average molecular weight is 470 g/mol. The van der Waals surface area contributed by atoms with Gasteiger partial charge in [0, 0.05) is 23.8 Å². The molecule has 0 saturated carbocycles. The molecular weight excluding hydrogens is 443 g/mol. The van der Waals surface area contributed by atoms with E-state index in [0.29, 0.717) is 40.7 Å². The van der Waals surface area contributed by atoms with Crippen LogP contribution < -0.4 is 15.8 Å². The minimum atomic E-state index is -0.691. The molecule has 4 aromatic rings. The van der Waals surface area contributed by atoms with Gasteiger partial charge in [0.25, 0.3) is 0 Å². The monoisotopic (exact) mass is 469 g/mol. The second-order valence-corrected chi connectivity index (χ2v) is 9.00. The Morgan fingerprint density at radius 1 is 1.09 bits per heavy atom. The second-order valence-electron chi connectivity index (χ2n) is 9.00. The smallest absolute Gasteiger partial charge is 0.180 e. The summed E-state index contributed by atoms with van der Waals surface area (Å²) in [5.41, 5.74) is 7.96. The van der Waals surface area contributed by atoms with E-state index < -0.39 is 23.0 Å². The number of hydrogen-bond donors (Lipinski definition) is 2. The number of imidazole rings is 1. The number of fused-ring (bicyclic) bond motifs is 1. The summed E-state index contributed by atoms with van der Waals surface area (Å²) in [6.07, 6.45) is 2.95. The molecule has 0 amide bonds. The Bertz CT molecular complexity index is 1340. The van der Waals surface area contributed by atoms with Gasteiger partial charge in [-0.15, -0.1) is 0 Å². The van der Waals surface area contributed by atoms with Crippen molar-refractivity contribution in [1.29, 1.82) is 0 Å². The summed E-state index contributed by atoms with van der Waals surface area (Å²) < 4.78 is 50.5. The van der Waals surface area contributed by atoms with Crippen LogP contribution in [0.2, 0.25) is 0 Å². The van der Waals surface area contributed by atoms with Crippen molar-refractivity contribution >= 4 is 11.5 Å². The number of aromatic nitrogens is 3. The van der Waals surface area contributed by atoms with Crippen molar-refractivity contribution in [3.8, 4) is 17.0 Å². The molecule has 0 aliphatic rings. The first-order valence-corrected chi connectivity index (χ1v) is 10.8. The van der Waals surface area contributed by atoms with Crippen LogP contribution >= 0.6 is 0 Å². The molecule has 3 aromatic heterocycles. The minimum absolute atomic E-state index is 0.177. The van der Waals surface area contributed by atoms with Crippen LogP contribution in [-0.4, -0.2) is 26.5 Å². The molecule has 0 fully saturated rings. The van der Waals surface area contributed by atoms with Gasteiger partial charge in [0.15, 0.2) is 17.2 Å². The number of anilines is 1. The van der Waals surface area contributed by atoms with Crippen molar-refractivity contribution in [3.05, 3.63) is 77.0 Å². The highest BCUT2D eigenvalue weighted by Gasteiger charge is 2.20. The third-order valence-corrected chi connectivity index (χ3v) is 5.27. The lowest BCUT2D eigenvalue weighted by atomic mass is 10.1. The number of halogens is 3. The van der Waals surface area contributed by atoms with Crippen LogP contribution in [0.1, 0.15) is 30.7 Å². The van der Waals surface area contributed by atoms with Crippen molar-refractivity contribution < 1.29 is 17.9 Å². The van der Waals surface area contributed by atoms with Crippen LogP contribution in [0.3, 0.4) is 0 Å². The number of ether oxygens (including phenoxy) is 1. The molecule has 6 nitrogen and oxygen atoms in total. The third-order valence-electron chi connectivity index (χ3n) is 5.27. The van der Waals surface area contributed by atoms with Gasteiger partial charge >= 0.3 is 0 Å². The summed E-state index contributed by atoms with van der Waals surface area (Å²) >= 11 is 0. The highest BCUT2D eigenvalue weighted by atomic mass is 19.1. The summed E-state index contributed by atoms with van der Waals surface area (Å²) in [4.78, 5) is 8.68. The Kier molecular flexibility index (Phi) is 6.22. The van der Waals surface area contributed by atoms with Crippen molar-refractivity contribution in [2.24, 2.45) is 5.73 Å². The van der Waals surface area contributed by atoms with Crippen molar-refractivity contribution in [3.63, 3.8) is 0 Å². The molecule has 0 unspecified atom stereocenters. The number of benzene rings is 1. The number of rotatable bonds is 7. The average Bonchev–Trinajstić information content (AvgIpc) is 3.08. The highest BCUT2D eigenvalue weighted by molar-refractivity contribution is 5.72. The van der Waals surface area contributed by atoms with Crippen LogP contribution in [0.25, 0.3) is 16.9 Å². The van der Waals surface area contributed by atoms with Crippen molar-refractivity contribution in [1.82, 2.24) is 14.4 Å². The highest BCUT2D eigenvalue weighted by Crippen LogP contribution is 2.33. The molecule has 0 aliphatic carbocycles. The summed E-state index contributed by atoms with van der Waals surface area (Å²) in [7, 11) is 0. The van der Waals surface area contributed by atoms with E-state index in [9.17, 15) is 13.2 Å². The Morgan fingerprint density at radius 3 is 2.47 bits per heavy atom. The van der Waals surface area contributed by atoms with Crippen molar-refractivity contribution in [2.75, 3.05) is 11.9 Å². The van der Waals surface area contributed by atoms with Gasteiger partial charge in [0.05, 0.1) is 23.1 Å². The zero-order valence-corrected chi connectivity index (χ0v) is 19.4. The molecule has 9 heteroatoms. The fraction of sp³-hybridized carbons (Fsp3) is 0.280. The van der Waals surface area contributed by atoms with Gasteiger partial charge in [-0.25, -0.2) is 23.1 Å². The lowest BCUT2D eigenvalue weighted by molar-refractivity contribution is 0.294. The molecular formula is C25H26F3N5O. The zero-order chi connectivity index (χ0) is 24.6. The van der Waals surface area contributed by atoms with Crippen LogP contribution in [0.5, 0.6) is 5.75 Å². The van der Waals surface area contributed by atoms with E-state index in [1.807, 2.05) is 20.8 Å². The summed E-state index contributed by atoms with van der Waals surface area (Å²) in [5, 5.41) is 3.13. The topological polar surface area (TPSA) is 77.5 Å². The number of nitrogens with zero attached hydrogens (tertiary/aromatic N) is 3. The van der Waals surface area contributed by atoms with Crippen LogP contribution in [0, 0.1) is 31.3 Å². The quantitative estimate of drug-likeness (QED) is 0.391. The number of nitrogens with two attached hydrogens (primary N) is 1. The van der Waals surface area contributed by atoms with E-state index in [0.717, 1.165) is 11.8 Å². The predicted octanol–water partition coefficient (Wildman–Crippen LogP) is 5.16. The van der Waals surface area contributed by atoms with Crippen LogP contribution in [0.4, 0.5) is 19.0 Å². The van der Waals surface area contributed by atoms with Gasteiger partial charge < -0.3 is 15.8 Å². The number of aryl methyl sites for hydroxylation is 2. The molecule has 0 saturated heterocycles. The molecule has 0 aliphatic heterocycles. The maximum Gasteiger partial charge on any atom is 0.180 e. The SMILES string of the molecule is Cc1cc(OCc2c(F)cccc2F)c2nc(C)c(-c3cc(NCC(C)(C)N)ncc3F)n2c1. The molecule has 4 rings (SSSR count). The van der Waals surface area contributed by atoms with Gasteiger partial charge in [-0.2, -0.15) is 0 Å². The Morgan fingerprint density at radius 2 is 1.79 bits per heavy atom. The lowest BCUT2D eigenvalue weighted by Crippen LogP contribution is -2.39. The lowest BCUT2D eigenvalue weighted by Gasteiger charge is -2.19. The first-order valence-electron chi connectivity index (χ1n) is 10.8. The summed E-state index contributed by atoms with van der Waals surface area (Å²) in [6, 6.07) is 6.98. The number of hydrogen-bond acceptors (Lipinski definition) is 5. The molecule has 178 valence electrons. The van der Waals surface area contributed by atoms with Gasteiger partial charge in [-0.05, 0) is 57.5 Å². The van der Waals surface area contributed by atoms with E-state index >= 15 is 0 Å². The van der Waals surface area contributed by atoms with Gasteiger partial charge in [-0.3, -0.25) is 4.40 Å². The van der Waals surface area contributed by atoms with Gasteiger partial charge in [0.2, 0.25) is 0 Å². The predicted molar refractivity (Wildman–Crippen MR) is 125 cm³/mol. The maximum atomic E-state index is 14.9. The van der Waals surface area contributed by atoms with E-state index in [1.165, 1.54) is 18.2 Å². The molecule has 3 N–H and O–H groups in total. The normalized spacial score (nSPS) is 11.8. The first kappa shape index (κ1) is 23.6. The molecule has 3 heterocycles. The molecule has 1 aromatic carbocycles. The van der Waals surface area contributed by atoms with E-state index in [1.54, 1.807) is 29.7 Å². The standard InChI is InChI=1S/C25H26F3N5O/c1-14-8-21(34-12-17-18(26)6-5-7-19(17)27)24-32-15(2)23(33(24)11-14)16-9-22(30-10-20(16)28)31-13-25(3,4)29/h5-11H,12-13,29H2,1-4H3,(H,30,31). The summed E-state index contributed by atoms with van der Waals surface area (Å²) in [6.45, 7) is 7.47. The number of nitrogens with one attached hydrogen (secondary N) is 1. The fourth-order valence-corrected chi connectivity index (χ4v) is 3.64. The first-order chi connectivity index (χ1) is 16.0.